The number of halogens is 1. The number of ether oxygens (including phenoxy) is 1. The third kappa shape index (κ3) is 2.93. The van der Waals surface area contributed by atoms with Gasteiger partial charge in [0.1, 0.15) is 0 Å². The average Bonchev–Trinajstić information content (AvgIpc) is 2.35. The number of nitrogens with two attached hydrogens (primary N) is 1. The van der Waals surface area contributed by atoms with Crippen LogP contribution in [0.1, 0.15) is 12.8 Å². The predicted octanol–water partition coefficient (Wildman–Crippen LogP) is 1.74. The van der Waals surface area contributed by atoms with Gasteiger partial charge in [0.2, 0.25) is 0 Å². The summed E-state index contributed by atoms with van der Waals surface area (Å²) in [5.41, 5.74) is 6.80. The van der Waals surface area contributed by atoms with Crippen molar-refractivity contribution in [3.63, 3.8) is 0 Å². The lowest BCUT2D eigenvalue weighted by atomic mass is 10.1. The lowest BCUT2D eigenvalue weighted by Crippen LogP contribution is -2.29. The molecule has 1 aromatic carbocycles. The fraction of sp³-hybridized carbons (Fsp3) is 0.500. The first-order chi connectivity index (χ1) is 8.60. The van der Waals surface area contributed by atoms with Crippen molar-refractivity contribution < 1.29 is 13.3 Å². The number of nitrogens with one attached hydrogen (secondary N) is 1. The van der Waals surface area contributed by atoms with Gasteiger partial charge in [0.25, 0.3) is 0 Å². The zero-order valence-electron chi connectivity index (χ0n) is 10.2. The van der Waals surface area contributed by atoms with Gasteiger partial charge in [-0.15, -0.1) is 0 Å². The molecule has 18 heavy (non-hydrogen) atoms. The smallest absolute Gasteiger partial charge is 0.167 e. The van der Waals surface area contributed by atoms with E-state index in [1.54, 1.807) is 6.07 Å². The van der Waals surface area contributed by atoms with Crippen LogP contribution >= 0.6 is 0 Å². The Labute approximate surface area is 108 Å². The van der Waals surface area contributed by atoms with Crippen molar-refractivity contribution in [1.82, 2.24) is 0 Å². The average molecular weight is 272 g/mol. The number of rotatable bonds is 3. The summed E-state index contributed by atoms with van der Waals surface area (Å²) in [5, 5.41) is 3.27. The number of benzene rings is 1. The van der Waals surface area contributed by atoms with Gasteiger partial charge in [0, 0.05) is 40.5 Å². The summed E-state index contributed by atoms with van der Waals surface area (Å²) >= 11 is 0. The number of anilines is 2. The first kappa shape index (κ1) is 13.1. The summed E-state index contributed by atoms with van der Waals surface area (Å²) in [6.07, 6.45) is 1.68. The minimum atomic E-state index is -0.690. The molecule has 0 aromatic heterocycles. The summed E-state index contributed by atoms with van der Waals surface area (Å²) in [5.74, 6) is 1.11. The summed E-state index contributed by atoms with van der Waals surface area (Å²) in [6, 6.07) is 3.05. The molecule has 0 saturated carbocycles. The van der Waals surface area contributed by atoms with Crippen LogP contribution < -0.4 is 15.8 Å². The molecule has 1 aromatic rings. The minimum Gasteiger partial charge on any atom is -0.494 e. The van der Waals surface area contributed by atoms with Crippen LogP contribution in [-0.4, -0.2) is 28.9 Å². The third-order valence-electron chi connectivity index (χ3n) is 3.07. The molecule has 100 valence electrons. The topological polar surface area (TPSA) is 64.3 Å². The van der Waals surface area contributed by atoms with E-state index in [0.717, 1.165) is 12.8 Å². The number of hydrogen-bond acceptors (Lipinski definition) is 4. The van der Waals surface area contributed by atoms with Crippen LogP contribution in [0.2, 0.25) is 0 Å². The maximum Gasteiger partial charge on any atom is 0.167 e. The zero-order valence-corrected chi connectivity index (χ0v) is 11.1. The van der Waals surface area contributed by atoms with Gasteiger partial charge >= 0.3 is 0 Å². The monoisotopic (exact) mass is 272 g/mol. The predicted molar refractivity (Wildman–Crippen MR) is 71.9 cm³/mol. The Hall–Kier alpha value is -1.30. The quantitative estimate of drug-likeness (QED) is 0.823. The van der Waals surface area contributed by atoms with E-state index >= 15 is 0 Å². The lowest BCUT2D eigenvalue weighted by Gasteiger charge is -2.24. The first-order valence-corrected chi connectivity index (χ1v) is 7.33. The van der Waals surface area contributed by atoms with Gasteiger partial charge in [-0.3, -0.25) is 4.21 Å². The van der Waals surface area contributed by atoms with Crippen LogP contribution in [-0.2, 0) is 10.8 Å². The van der Waals surface area contributed by atoms with Gasteiger partial charge in [-0.2, -0.15) is 0 Å². The summed E-state index contributed by atoms with van der Waals surface area (Å²) in [4.78, 5) is 0. The number of hydrogen-bond donors (Lipinski definition) is 2. The summed E-state index contributed by atoms with van der Waals surface area (Å²) in [7, 11) is 0.729. The molecule has 3 N–H and O–H groups in total. The Kier molecular flexibility index (Phi) is 4.06. The third-order valence-corrected chi connectivity index (χ3v) is 4.45. The van der Waals surface area contributed by atoms with Gasteiger partial charge in [-0.1, -0.05) is 0 Å². The summed E-state index contributed by atoms with van der Waals surface area (Å²) < 4.78 is 29.6. The van der Waals surface area contributed by atoms with Gasteiger partial charge < -0.3 is 15.8 Å². The normalized spacial score (nSPS) is 23.7. The van der Waals surface area contributed by atoms with E-state index in [0.29, 0.717) is 22.9 Å². The molecule has 0 bridgehead atoms. The van der Waals surface area contributed by atoms with E-state index in [-0.39, 0.29) is 11.8 Å². The van der Waals surface area contributed by atoms with Crippen molar-refractivity contribution in [3.8, 4) is 5.75 Å². The van der Waals surface area contributed by atoms with E-state index < -0.39 is 16.6 Å². The molecule has 1 fully saturated rings. The minimum absolute atomic E-state index is 0.172. The van der Waals surface area contributed by atoms with Crippen LogP contribution in [0.25, 0.3) is 0 Å². The second-order valence-electron chi connectivity index (χ2n) is 4.34. The Balaban J connectivity index is 2.11. The fourth-order valence-corrected chi connectivity index (χ4v) is 3.31. The maximum atomic E-state index is 13.4. The molecule has 0 unspecified atom stereocenters. The van der Waals surface area contributed by atoms with Crippen LogP contribution in [0.5, 0.6) is 5.75 Å². The van der Waals surface area contributed by atoms with Crippen molar-refractivity contribution in [2.24, 2.45) is 0 Å². The van der Waals surface area contributed by atoms with Crippen molar-refractivity contribution in [3.05, 3.63) is 17.9 Å². The molecular formula is C12H17FN2O2S. The lowest BCUT2D eigenvalue weighted by molar-refractivity contribution is 0.387. The van der Waals surface area contributed by atoms with Crippen molar-refractivity contribution in [2.45, 2.75) is 18.9 Å². The highest BCUT2D eigenvalue weighted by molar-refractivity contribution is 7.85. The Morgan fingerprint density at radius 1 is 1.44 bits per heavy atom. The van der Waals surface area contributed by atoms with E-state index in [9.17, 15) is 8.60 Å². The largest absolute Gasteiger partial charge is 0.494 e. The number of methoxy groups -OCH3 is 1. The molecule has 1 aliphatic rings. The second-order valence-corrected chi connectivity index (χ2v) is 6.04. The molecule has 1 heterocycles. The van der Waals surface area contributed by atoms with E-state index in [2.05, 4.69) is 5.32 Å². The fourth-order valence-electron chi connectivity index (χ4n) is 2.01. The molecule has 0 radical (unpaired) electrons. The molecule has 1 saturated heterocycles. The highest BCUT2D eigenvalue weighted by Crippen LogP contribution is 2.29. The van der Waals surface area contributed by atoms with Crippen molar-refractivity contribution in [1.29, 1.82) is 0 Å². The zero-order chi connectivity index (χ0) is 13.1. The second kappa shape index (κ2) is 5.56. The number of nitrogen functional groups attached to an aromatic ring is 1. The first-order valence-electron chi connectivity index (χ1n) is 5.84. The van der Waals surface area contributed by atoms with Gasteiger partial charge in [0.05, 0.1) is 18.5 Å². The molecule has 0 amide bonds. The molecule has 0 atom stereocenters. The van der Waals surface area contributed by atoms with Crippen LogP contribution in [0.4, 0.5) is 15.8 Å². The molecular weight excluding hydrogens is 255 g/mol. The maximum absolute atomic E-state index is 13.4. The molecule has 4 nitrogen and oxygen atoms in total. The van der Waals surface area contributed by atoms with Crippen LogP contribution in [0.3, 0.4) is 0 Å². The highest BCUT2D eigenvalue weighted by Gasteiger charge is 2.19. The molecule has 6 heteroatoms. The van der Waals surface area contributed by atoms with Gasteiger partial charge in [-0.05, 0) is 12.8 Å². The molecule has 0 aliphatic carbocycles. The SMILES string of the molecule is COc1cc(NC2CCS(=O)CC2)c(N)cc1F. The Bertz CT molecular complexity index is 458. The summed E-state index contributed by atoms with van der Waals surface area (Å²) in [6.45, 7) is 0. The van der Waals surface area contributed by atoms with Gasteiger partial charge in [-0.25, -0.2) is 4.39 Å². The van der Waals surface area contributed by atoms with E-state index in [4.69, 9.17) is 10.5 Å². The Morgan fingerprint density at radius 3 is 2.72 bits per heavy atom. The van der Waals surface area contributed by atoms with Crippen molar-refractivity contribution >= 4 is 22.2 Å². The van der Waals surface area contributed by atoms with Crippen LogP contribution in [0.15, 0.2) is 12.1 Å². The van der Waals surface area contributed by atoms with E-state index in [1.807, 2.05) is 0 Å². The highest BCUT2D eigenvalue weighted by atomic mass is 32.2. The van der Waals surface area contributed by atoms with Crippen molar-refractivity contribution in [2.75, 3.05) is 29.7 Å². The molecule has 2 rings (SSSR count). The molecule has 1 aliphatic heterocycles. The van der Waals surface area contributed by atoms with Crippen LogP contribution in [0, 0.1) is 5.82 Å². The standard InChI is InChI=1S/C12H17FN2O2S/c1-17-12-7-11(10(14)6-9(12)13)15-8-2-4-18(16)5-3-8/h6-8,15H,2-5,14H2,1H3. The van der Waals surface area contributed by atoms with Gasteiger partial charge in [0.15, 0.2) is 11.6 Å². The molecule has 0 spiro atoms. The Morgan fingerprint density at radius 2 is 2.11 bits per heavy atom. The van der Waals surface area contributed by atoms with E-state index in [1.165, 1.54) is 13.2 Å².